The lowest BCUT2D eigenvalue weighted by molar-refractivity contribution is -0.120. The highest BCUT2D eigenvalue weighted by molar-refractivity contribution is 5.76. The van der Waals surface area contributed by atoms with E-state index < -0.39 is 0 Å². The number of amides is 1. The van der Waals surface area contributed by atoms with Crippen LogP contribution in [0.5, 0.6) is 0 Å². The molecule has 0 bridgehead atoms. The van der Waals surface area contributed by atoms with Gasteiger partial charge in [-0.3, -0.25) is 4.79 Å². The van der Waals surface area contributed by atoms with Crippen LogP contribution in [0.3, 0.4) is 0 Å². The van der Waals surface area contributed by atoms with Gasteiger partial charge in [-0.15, -0.1) is 0 Å². The van der Waals surface area contributed by atoms with Gasteiger partial charge in [-0.2, -0.15) is 0 Å². The number of hydrogen-bond acceptors (Lipinski definition) is 2. The molecule has 1 heterocycles. The van der Waals surface area contributed by atoms with E-state index in [1.165, 1.54) is 6.20 Å². The number of carbonyl (C=O) groups is 1. The minimum Gasteiger partial charge on any atom is -0.340 e. The largest absolute Gasteiger partial charge is 0.340 e. The predicted molar refractivity (Wildman–Crippen MR) is 63.7 cm³/mol. The summed E-state index contributed by atoms with van der Waals surface area (Å²) in [6.45, 7) is 3.44. The number of carbonyl (C=O) groups excluding carboxylic acids is 1. The smallest absolute Gasteiger partial charge is 0.223 e. The van der Waals surface area contributed by atoms with E-state index in [0.29, 0.717) is 6.42 Å². The predicted octanol–water partition coefficient (Wildman–Crippen LogP) is 1.78. The first-order valence-corrected chi connectivity index (χ1v) is 5.59. The Labute approximate surface area is 96.4 Å². The van der Waals surface area contributed by atoms with Gasteiger partial charge < -0.3 is 9.88 Å². The Morgan fingerprint density at radius 2 is 2.38 bits per heavy atom. The van der Waals surface area contributed by atoms with Crippen LogP contribution in [-0.2, 0) is 18.3 Å². The number of unbranched alkanes of at least 4 members (excludes halogenated alkanes) is 2. The zero-order chi connectivity index (χ0) is 11.8. The van der Waals surface area contributed by atoms with E-state index in [4.69, 9.17) is 0 Å². The Morgan fingerprint density at radius 3 is 3.00 bits per heavy atom. The molecule has 1 aromatic heterocycles. The number of rotatable bonds is 7. The van der Waals surface area contributed by atoms with Crippen LogP contribution in [0.2, 0.25) is 0 Å². The fraction of sp³-hybridized carbons (Fsp3) is 0.500. The molecule has 0 fully saturated rings. The van der Waals surface area contributed by atoms with E-state index in [2.05, 4.69) is 16.9 Å². The van der Waals surface area contributed by atoms with Crippen molar-refractivity contribution in [2.24, 2.45) is 7.05 Å². The lowest BCUT2D eigenvalue weighted by atomic mass is 10.1. The van der Waals surface area contributed by atoms with E-state index in [1.807, 2.05) is 24.1 Å². The number of nitrogens with one attached hydrogen (secondary N) is 1. The molecule has 0 radical (unpaired) electrons. The molecule has 1 amide bonds. The van der Waals surface area contributed by atoms with Crippen molar-refractivity contribution >= 4 is 5.91 Å². The lowest BCUT2D eigenvalue weighted by Crippen LogP contribution is -2.15. The normalized spacial score (nSPS) is 10.1. The maximum atomic E-state index is 11.1. The van der Waals surface area contributed by atoms with Crippen LogP contribution in [0.4, 0.5) is 0 Å². The van der Waals surface area contributed by atoms with Crippen molar-refractivity contribution in [1.82, 2.24) is 14.9 Å². The summed E-state index contributed by atoms with van der Waals surface area (Å²) in [5, 5.41) is 2.57. The Kier molecular flexibility index (Phi) is 5.32. The standard InChI is InChI=1S/C12H19N3O/c1-3-13-12(16)8-6-4-5-7-11-9-15(2)10-14-11/h3,9-10H,1,4-8H2,2H3,(H,13,16). The molecule has 0 atom stereocenters. The Morgan fingerprint density at radius 1 is 1.56 bits per heavy atom. The molecule has 1 aromatic rings. The van der Waals surface area contributed by atoms with Gasteiger partial charge in [-0.1, -0.05) is 13.0 Å². The minimum absolute atomic E-state index is 0.0489. The number of aromatic nitrogens is 2. The molecule has 0 spiro atoms. The monoisotopic (exact) mass is 221 g/mol. The fourth-order valence-corrected chi connectivity index (χ4v) is 1.55. The molecule has 0 aliphatic heterocycles. The van der Waals surface area contributed by atoms with Gasteiger partial charge in [0.25, 0.3) is 0 Å². The first-order chi connectivity index (χ1) is 7.72. The molecule has 0 unspecified atom stereocenters. The van der Waals surface area contributed by atoms with Crippen molar-refractivity contribution in [3.05, 3.63) is 31.0 Å². The Hall–Kier alpha value is -1.58. The molecule has 0 aliphatic rings. The van der Waals surface area contributed by atoms with Crippen LogP contribution in [0.15, 0.2) is 25.3 Å². The Bertz CT molecular complexity index is 344. The number of imidazole rings is 1. The molecule has 0 saturated carbocycles. The van der Waals surface area contributed by atoms with Crippen LogP contribution in [0.1, 0.15) is 31.4 Å². The summed E-state index contributed by atoms with van der Waals surface area (Å²) in [6.07, 6.45) is 9.90. The molecule has 0 aromatic carbocycles. The van der Waals surface area contributed by atoms with Crippen molar-refractivity contribution < 1.29 is 4.79 Å². The van der Waals surface area contributed by atoms with E-state index in [0.717, 1.165) is 31.4 Å². The van der Waals surface area contributed by atoms with Crippen LogP contribution in [0, 0.1) is 0 Å². The van der Waals surface area contributed by atoms with Crippen molar-refractivity contribution in [1.29, 1.82) is 0 Å². The van der Waals surface area contributed by atoms with Gasteiger partial charge in [0.1, 0.15) is 0 Å². The second-order valence-electron chi connectivity index (χ2n) is 3.86. The molecule has 16 heavy (non-hydrogen) atoms. The first-order valence-electron chi connectivity index (χ1n) is 5.59. The van der Waals surface area contributed by atoms with Gasteiger partial charge >= 0.3 is 0 Å². The molecule has 4 nitrogen and oxygen atoms in total. The molecular weight excluding hydrogens is 202 g/mol. The van der Waals surface area contributed by atoms with E-state index >= 15 is 0 Å². The molecule has 88 valence electrons. The SMILES string of the molecule is C=CNC(=O)CCCCCc1cn(C)cn1. The van der Waals surface area contributed by atoms with Gasteiger partial charge in [0.15, 0.2) is 0 Å². The van der Waals surface area contributed by atoms with Crippen molar-refractivity contribution in [2.75, 3.05) is 0 Å². The van der Waals surface area contributed by atoms with Crippen molar-refractivity contribution in [3.8, 4) is 0 Å². The van der Waals surface area contributed by atoms with Crippen molar-refractivity contribution in [3.63, 3.8) is 0 Å². The summed E-state index contributed by atoms with van der Waals surface area (Å²) in [4.78, 5) is 15.3. The second-order valence-corrected chi connectivity index (χ2v) is 3.86. The summed E-state index contributed by atoms with van der Waals surface area (Å²) in [7, 11) is 1.97. The van der Waals surface area contributed by atoms with Crippen LogP contribution in [-0.4, -0.2) is 15.5 Å². The average molecular weight is 221 g/mol. The third-order valence-electron chi connectivity index (χ3n) is 2.36. The van der Waals surface area contributed by atoms with E-state index in [-0.39, 0.29) is 5.91 Å². The first kappa shape index (κ1) is 12.5. The van der Waals surface area contributed by atoms with Gasteiger partial charge in [-0.25, -0.2) is 4.98 Å². The zero-order valence-corrected chi connectivity index (χ0v) is 9.78. The van der Waals surface area contributed by atoms with Crippen LogP contribution >= 0.6 is 0 Å². The van der Waals surface area contributed by atoms with Crippen LogP contribution < -0.4 is 5.32 Å². The maximum absolute atomic E-state index is 11.1. The third kappa shape index (κ3) is 4.77. The fourth-order valence-electron chi connectivity index (χ4n) is 1.55. The van der Waals surface area contributed by atoms with E-state index in [1.54, 1.807) is 0 Å². The van der Waals surface area contributed by atoms with Gasteiger partial charge in [-0.05, 0) is 25.5 Å². The average Bonchev–Trinajstić information content (AvgIpc) is 2.64. The van der Waals surface area contributed by atoms with Crippen LogP contribution in [0.25, 0.3) is 0 Å². The summed E-state index contributed by atoms with van der Waals surface area (Å²) >= 11 is 0. The highest BCUT2D eigenvalue weighted by Crippen LogP contribution is 2.05. The maximum Gasteiger partial charge on any atom is 0.223 e. The lowest BCUT2D eigenvalue weighted by Gasteiger charge is -1.99. The minimum atomic E-state index is 0.0489. The second kappa shape index (κ2) is 6.82. The number of nitrogens with zero attached hydrogens (tertiary/aromatic N) is 2. The topological polar surface area (TPSA) is 46.9 Å². The molecule has 1 rings (SSSR count). The summed E-state index contributed by atoms with van der Waals surface area (Å²) in [6, 6.07) is 0. The molecule has 4 heteroatoms. The molecule has 1 N–H and O–H groups in total. The van der Waals surface area contributed by atoms with Gasteiger partial charge in [0, 0.05) is 19.7 Å². The molecular formula is C12H19N3O. The summed E-state index contributed by atoms with van der Waals surface area (Å²) < 4.78 is 1.95. The summed E-state index contributed by atoms with van der Waals surface area (Å²) in [5.74, 6) is 0.0489. The van der Waals surface area contributed by atoms with Crippen molar-refractivity contribution in [2.45, 2.75) is 32.1 Å². The third-order valence-corrected chi connectivity index (χ3v) is 2.36. The molecule has 0 aliphatic carbocycles. The molecule has 0 saturated heterocycles. The zero-order valence-electron chi connectivity index (χ0n) is 9.78. The van der Waals surface area contributed by atoms with E-state index in [9.17, 15) is 4.79 Å². The number of aryl methyl sites for hydroxylation is 2. The van der Waals surface area contributed by atoms with Gasteiger partial charge in [0.2, 0.25) is 5.91 Å². The Balaban J connectivity index is 2.04. The number of hydrogen-bond donors (Lipinski definition) is 1. The highest BCUT2D eigenvalue weighted by Gasteiger charge is 1.99. The summed E-state index contributed by atoms with van der Waals surface area (Å²) in [5.41, 5.74) is 1.12. The highest BCUT2D eigenvalue weighted by atomic mass is 16.1. The quantitative estimate of drug-likeness (QED) is 0.713. The van der Waals surface area contributed by atoms with Gasteiger partial charge in [0.05, 0.1) is 12.0 Å².